The third kappa shape index (κ3) is 3.66. The van der Waals surface area contributed by atoms with E-state index in [0.717, 1.165) is 0 Å². The third-order valence-corrected chi connectivity index (χ3v) is 3.90. The van der Waals surface area contributed by atoms with Gasteiger partial charge in [-0.2, -0.15) is 0 Å². The van der Waals surface area contributed by atoms with E-state index in [4.69, 9.17) is 4.74 Å². The zero-order valence-electron chi connectivity index (χ0n) is 14.3. The van der Waals surface area contributed by atoms with Crippen LogP contribution in [-0.4, -0.2) is 30.5 Å². The molecule has 0 bridgehead atoms. The molecule has 2 N–H and O–H groups in total. The van der Waals surface area contributed by atoms with Gasteiger partial charge in [0, 0.05) is 12.2 Å². The van der Waals surface area contributed by atoms with Crippen LogP contribution in [-0.2, 0) is 9.59 Å². The highest BCUT2D eigenvalue weighted by atomic mass is 16.5. The SMILES string of the molecule is CCNC(=O)N1c2ccccc2OC(=O)C1CC(=O)Nc1ccccc1. The highest BCUT2D eigenvalue weighted by molar-refractivity contribution is 6.05. The van der Waals surface area contributed by atoms with Crippen molar-refractivity contribution < 1.29 is 19.1 Å². The quantitative estimate of drug-likeness (QED) is 0.653. The molecule has 1 aliphatic heterocycles. The molecule has 1 aliphatic rings. The third-order valence-electron chi connectivity index (χ3n) is 3.90. The molecule has 3 amide bonds. The van der Waals surface area contributed by atoms with Crippen molar-refractivity contribution in [3.05, 3.63) is 54.6 Å². The molecule has 1 heterocycles. The van der Waals surface area contributed by atoms with Gasteiger partial charge in [-0.1, -0.05) is 30.3 Å². The second-order valence-corrected chi connectivity index (χ2v) is 5.73. The van der Waals surface area contributed by atoms with Crippen LogP contribution in [0.15, 0.2) is 54.6 Å². The summed E-state index contributed by atoms with van der Waals surface area (Å²) in [6.07, 6.45) is -0.209. The number of amides is 3. The smallest absolute Gasteiger partial charge is 0.335 e. The lowest BCUT2D eigenvalue weighted by Gasteiger charge is -2.34. The standard InChI is InChI=1S/C19H19N3O4/c1-2-20-19(25)22-14-10-6-7-11-16(14)26-18(24)15(22)12-17(23)21-13-8-4-3-5-9-13/h3-11,15H,2,12H2,1H3,(H,20,25)(H,21,23). The van der Waals surface area contributed by atoms with Gasteiger partial charge in [0.15, 0.2) is 5.75 Å². The molecule has 3 rings (SSSR count). The maximum atomic E-state index is 12.5. The van der Waals surface area contributed by atoms with Gasteiger partial charge in [0.2, 0.25) is 5.91 Å². The Bertz CT molecular complexity index is 823. The van der Waals surface area contributed by atoms with Gasteiger partial charge >= 0.3 is 12.0 Å². The molecule has 7 nitrogen and oxygen atoms in total. The number of nitrogens with zero attached hydrogens (tertiary/aromatic N) is 1. The van der Waals surface area contributed by atoms with Gasteiger partial charge in [-0.3, -0.25) is 9.69 Å². The van der Waals surface area contributed by atoms with E-state index >= 15 is 0 Å². The number of benzene rings is 2. The maximum Gasteiger partial charge on any atom is 0.335 e. The Morgan fingerprint density at radius 1 is 1.08 bits per heavy atom. The monoisotopic (exact) mass is 353 g/mol. The van der Waals surface area contributed by atoms with Crippen LogP contribution in [0, 0.1) is 0 Å². The Hall–Kier alpha value is -3.35. The largest absolute Gasteiger partial charge is 0.423 e. The first kappa shape index (κ1) is 17.5. The van der Waals surface area contributed by atoms with Crippen LogP contribution >= 0.6 is 0 Å². The minimum Gasteiger partial charge on any atom is -0.423 e. The van der Waals surface area contributed by atoms with Crippen LogP contribution in [0.4, 0.5) is 16.2 Å². The van der Waals surface area contributed by atoms with Crippen molar-refractivity contribution in [3.8, 4) is 5.75 Å². The van der Waals surface area contributed by atoms with E-state index in [1.807, 2.05) is 6.07 Å². The number of ether oxygens (including phenoxy) is 1. The van der Waals surface area contributed by atoms with E-state index in [0.29, 0.717) is 23.7 Å². The number of esters is 1. The number of carbonyl (C=O) groups is 3. The predicted octanol–water partition coefficient (Wildman–Crippen LogP) is 2.54. The lowest BCUT2D eigenvalue weighted by molar-refractivity contribution is -0.138. The Labute approximate surface area is 150 Å². The predicted molar refractivity (Wildman–Crippen MR) is 97.1 cm³/mol. The summed E-state index contributed by atoms with van der Waals surface area (Å²) in [5.41, 5.74) is 1.07. The minimum atomic E-state index is -1.04. The van der Waals surface area contributed by atoms with Gasteiger partial charge in [0.25, 0.3) is 0 Å². The number of urea groups is 1. The van der Waals surface area contributed by atoms with Crippen LogP contribution in [0.2, 0.25) is 0 Å². The fourth-order valence-corrected chi connectivity index (χ4v) is 2.76. The summed E-state index contributed by atoms with van der Waals surface area (Å²) in [7, 11) is 0. The number of carbonyl (C=O) groups excluding carboxylic acids is 3. The Morgan fingerprint density at radius 2 is 1.77 bits per heavy atom. The Kier molecular flexibility index (Phi) is 5.17. The Balaban J connectivity index is 1.84. The lowest BCUT2D eigenvalue weighted by Crippen LogP contribution is -2.54. The Morgan fingerprint density at radius 3 is 2.50 bits per heavy atom. The first-order chi connectivity index (χ1) is 12.6. The summed E-state index contributed by atoms with van der Waals surface area (Å²) in [6, 6.07) is 14.2. The van der Waals surface area contributed by atoms with Gasteiger partial charge in [0.05, 0.1) is 12.1 Å². The number of hydrogen-bond donors (Lipinski definition) is 2. The molecule has 0 fully saturated rings. The van der Waals surface area contributed by atoms with Crippen LogP contribution in [0.3, 0.4) is 0 Å². The summed E-state index contributed by atoms with van der Waals surface area (Å²) < 4.78 is 5.31. The van der Waals surface area contributed by atoms with Crippen LogP contribution in [0.25, 0.3) is 0 Å². The number of hydrogen-bond acceptors (Lipinski definition) is 4. The summed E-state index contributed by atoms with van der Waals surface area (Å²) >= 11 is 0. The van der Waals surface area contributed by atoms with E-state index in [1.165, 1.54) is 4.90 Å². The molecule has 0 saturated carbocycles. The van der Waals surface area contributed by atoms with Crippen molar-refractivity contribution in [2.75, 3.05) is 16.8 Å². The number of para-hydroxylation sites is 3. The van der Waals surface area contributed by atoms with Crippen molar-refractivity contribution in [1.82, 2.24) is 5.32 Å². The van der Waals surface area contributed by atoms with Crippen LogP contribution in [0.5, 0.6) is 5.75 Å². The highest BCUT2D eigenvalue weighted by Gasteiger charge is 2.39. The second-order valence-electron chi connectivity index (χ2n) is 5.73. The average molecular weight is 353 g/mol. The molecule has 1 atom stereocenters. The van der Waals surface area contributed by atoms with Crippen molar-refractivity contribution in [1.29, 1.82) is 0 Å². The number of nitrogens with one attached hydrogen (secondary N) is 2. The molecule has 0 aliphatic carbocycles. The first-order valence-electron chi connectivity index (χ1n) is 8.33. The minimum absolute atomic E-state index is 0.209. The molecule has 1 unspecified atom stereocenters. The van der Waals surface area contributed by atoms with Crippen molar-refractivity contribution in [3.63, 3.8) is 0 Å². The average Bonchev–Trinajstić information content (AvgIpc) is 2.63. The van der Waals surface area contributed by atoms with Crippen molar-refractivity contribution >= 4 is 29.3 Å². The fourth-order valence-electron chi connectivity index (χ4n) is 2.76. The molecule has 0 saturated heterocycles. The first-order valence-corrected chi connectivity index (χ1v) is 8.33. The molecular weight excluding hydrogens is 334 g/mol. The van der Waals surface area contributed by atoms with Gasteiger partial charge in [-0.05, 0) is 31.2 Å². The van der Waals surface area contributed by atoms with Crippen LogP contribution in [0.1, 0.15) is 13.3 Å². The van der Waals surface area contributed by atoms with Crippen molar-refractivity contribution in [2.45, 2.75) is 19.4 Å². The highest BCUT2D eigenvalue weighted by Crippen LogP contribution is 2.35. The molecule has 2 aromatic rings. The molecule has 0 aromatic heterocycles. The van der Waals surface area contributed by atoms with Gasteiger partial charge in [0.1, 0.15) is 6.04 Å². The van der Waals surface area contributed by atoms with E-state index in [1.54, 1.807) is 55.5 Å². The van der Waals surface area contributed by atoms with E-state index in [9.17, 15) is 14.4 Å². The number of rotatable bonds is 4. The molecule has 0 spiro atoms. The topological polar surface area (TPSA) is 87.7 Å². The van der Waals surface area contributed by atoms with E-state index < -0.39 is 18.0 Å². The van der Waals surface area contributed by atoms with Gasteiger partial charge in [-0.15, -0.1) is 0 Å². The molecule has 0 radical (unpaired) electrons. The van der Waals surface area contributed by atoms with E-state index in [2.05, 4.69) is 10.6 Å². The molecule has 134 valence electrons. The number of fused-ring (bicyclic) bond motifs is 1. The zero-order valence-corrected chi connectivity index (χ0v) is 14.3. The molecular formula is C19H19N3O4. The second kappa shape index (κ2) is 7.69. The maximum absolute atomic E-state index is 12.5. The lowest BCUT2D eigenvalue weighted by atomic mass is 10.1. The molecule has 7 heteroatoms. The van der Waals surface area contributed by atoms with E-state index in [-0.39, 0.29) is 12.3 Å². The molecule has 2 aromatic carbocycles. The summed E-state index contributed by atoms with van der Waals surface area (Å²) in [5.74, 6) is -0.728. The normalized spacial score (nSPS) is 15.7. The molecule has 26 heavy (non-hydrogen) atoms. The number of anilines is 2. The summed E-state index contributed by atoms with van der Waals surface area (Å²) in [5, 5.41) is 5.40. The summed E-state index contributed by atoms with van der Waals surface area (Å²) in [6.45, 7) is 2.18. The van der Waals surface area contributed by atoms with Crippen LogP contribution < -0.4 is 20.3 Å². The fraction of sp³-hybridized carbons (Fsp3) is 0.211. The van der Waals surface area contributed by atoms with Gasteiger partial charge in [-0.25, -0.2) is 9.59 Å². The zero-order chi connectivity index (χ0) is 18.5. The van der Waals surface area contributed by atoms with Gasteiger partial charge < -0.3 is 15.4 Å². The van der Waals surface area contributed by atoms with Crippen molar-refractivity contribution in [2.24, 2.45) is 0 Å². The summed E-state index contributed by atoms with van der Waals surface area (Å²) in [4.78, 5) is 38.6.